The molecule has 0 saturated heterocycles. The zero-order valence-corrected chi connectivity index (χ0v) is 19.4. The predicted octanol–water partition coefficient (Wildman–Crippen LogP) is 5.65. The maximum Gasteiger partial charge on any atom is 0.305 e. The number of fused-ring (bicyclic) bond motifs is 1. The molecule has 0 bridgehead atoms. The maximum atomic E-state index is 11.3. The molecule has 0 saturated carbocycles. The van der Waals surface area contributed by atoms with Crippen molar-refractivity contribution >= 4 is 11.6 Å². The zero-order valence-electron chi connectivity index (χ0n) is 19.4. The third-order valence-electron chi connectivity index (χ3n) is 5.24. The van der Waals surface area contributed by atoms with Crippen LogP contribution >= 0.6 is 0 Å². The number of ether oxygens (including phenoxy) is 2. The van der Waals surface area contributed by atoms with Gasteiger partial charge in [-0.1, -0.05) is 67.8 Å². The van der Waals surface area contributed by atoms with Crippen LogP contribution < -0.4 is 4.74 Å². The van der Waals surface area contributed by atoms with Gasteiger partial charge < -0.3 is 9.47 Å². The van der Waals surface area contributed by atoms with E-state index >= 15 is 0 Å². The van der Waals surface area contributed by atoms with Gasteiger partial charge in [-0.2, -0.15) is 0 Å². The normalized spacial score (nSPS) is 12.0. The van der Waals surface area contributed by atoms with Crippen LogP contribution in [0.5, 0.6) is 5.88 Å². The first-order valence-corrected chi connectivity index (χ1v) is 10.8. The topological polar surface area (TPSA) is 65.7 Å². The van der Waals surface area contributed by atoms with E-state index in [1.807, 2.05) is 73.0 Å². The summed E-state index contributed by atoms with van der Waals surface area (Å²) in [5, 5.41) is 0. The van der Waals surface area contributed by atoms with Crippen LogP contribution in [0, 0.1) is 0 Å². The molecule has 0 fully saturated rings. The molecule has 0 aliphatic carbocycles. The van der Waals surface area contributed by atoms with Crippen molar-refractivity contribution in [1.29, 1.82) is 0 Å². The fourth-order valence-corrected chi connectivity index (χ4v) is 3.41. The van der Waals surface area contributed by atoms with Crippen molar-refractivity contribution in [2.24, 2.45) is 0 Å². The number of rotatable bonds is 10. The molecule has 0 atom stereocenters. The second kappa shape index (κ2) is 11.1. The zero-order chi connectivity index (χ0) is 23.8. The Hall–Kier alpha value is -3.93. The number of aromatic nitrogens is 3. The van der Waals surface area contributed by atoms with E-state index in [0.29, 0.717) is 30.1 Å². The average molecular weight is 444 g/mol. The lowest BCUT2D eigenvalue weighted by Gasteiger charge is -2.11. The minimum atomic E-state index is -0.415. The molecule has 0 N–H and O–H groups in total. The highest BCUT2D eigenvalue weighted by Crippen LogP contribution is 2.29. The summed E-state index contributed by atoms with van der Waals surface area (Å²) in [6.45, 7) is 12.9. The Morgan fingerprint density at radius 1 is 1.00 bits per heavy atom. The first kappa shape index (κ1) is 23.7. The molecule has 6 heteroatoms. The van der Waals surface area contributed by atoms with Crippen molar-refractivity contribution in [2.45, 2.75) is 33.6 Å². The highest BCUT2D eigenvalue weighted by atomic mass is 16.7. The fraction of sp³-hybridized carbons (Fsp3) is 0.222. The Bertz CT molecular complexity index is 1220. The van der Waals surface area contributed by atoms with Crippen molar-refractivity contribution in [3.8, 4) is 17.1 Å². The Morgan fingerprint density at radius 3 is 2.21 bits per heavy atom. The lowest BCUT2D eigenvalue weighted by molar-refractivity contribution is -0.147. The van der Waals surface area contributed by atoms with Crippen LogP contribution in [-0.4, -0.2) is 27.1 Å². The summed E-state index contributed by atoms with van der Waals surface area (Å²) in [5.41, 5.74) is 6.01. The molecule has 0 spiro atoms. The average Bonchev–Trinajstić information content (AvgIpc) is 3.18. The summed E-state index contributed by atoms with van der Waals surface area (Å²) < 4.78 is 12.9. The fourth-order valence-electron chi connectivity index (χ4n) is 3.41. The third-order valence-corrected chi connectivity index (χ3v) is 5.24. The number of carbonyl (C=O) groups excluding carboxylic acids is 1. The van der Waals surface area contributed by atoms with Crippen molar-refractivity contribution < 1.29 is 14.3 Å². The van der Waals surface area contributed by atoms with Crippen LogP contribution in [0.1, 0.15) is 32.2 Å². The van der Waals surface area contributed by atoms with Gasteiger partial charge in [0.2, 0.25) is 12.7 Å². The number of allylic oxidation sites excluding steroid dienone is 6. The van der Waals surface area contributed by atoms with Gasteiger partial charge in [-0.25, -0.2) is 9.97 Å². The van der Waals surface area contributed by atoms with Gasteiger partial charge >= 0.3 is 5.97 Å². The van der Waals surface area contributed by atoms with E-state index in [-0.39, 0.29) is 6.79 Å². The SMILES string of the molecule is C=C/C(=C\C)Cc1nc2c(C/C(C=C)=C/C)nc(-c3ccccc3)cn2c1OCOC(C)=O. The number of benzene rings is 1. The van der Waals surface area contributed by atoms with Gasteiger partial charge in [0.25, 0.3) is 0 Å². The van der Waals surface area contributed by atoms with E-state index in [0.717, 1.165) is 28.1 Å². The lowest BCUT2D eigenvalue weighted by atomic mass is 10.1. The molecule has 1 aromatic carbocycles. The molecule has 6 nitrogen and oxygen atoms in total. The number of hydrogen-bond acceptors (Lipinski definition) is 5. The van der Waals surface area contributed by atoms with Crippen molar-refractivity contribution in [3.05, 3.63) is 96.5 Å². The number of carbonyl (C=O) groups is 1. The molecular weight excluding hydrogens is 414 g/mol. The number of hydrogen-bond donors (Lipinski definition) is 0. The largest absolute Gasteiger partial charge is 0.440 e. The van der Waals surface area contributed by atoms with Crippen LogP contribution in [0.3, 0.4) is 0 Å². The molecule has 33 heavy (non-hydrogen) atoms. The Morgan fingerprint density at radius 2 is 1.64 bits per heavy atom. The summed E-state index contributed by atoms with van der Waals surface area (Å²) in [4.78, 5) is 21.1. The van der Waals surface area contributed by atoms with Crippen molar-refractivity contribution in [3.63, 3.8) is 0 Å². The number of imidazole rings is 1. The second-order valence-electron chi connectivity index (χ2n) is 7.38. The van der Waals surface area contributed by atoms with Gasteiger partial charge in [0.15, 0.2) is 5.65 Å². The molecule has 0 aliphatic heterocycles. The molecule has 0 amide bonds. The highest BCUT2D eigenvalue weighted by molar-refractivity contribution is 5.66. The molecule has 0 aliphatic rings. The van der Waals surface area contributed by atoms with Crippen LogP contribution in [0.4, 0.5) is 0 Å². The minimum absolute atomic E-state index is 0.208. The number of nitrogens with zero attached hydrogens (tertiary/aromatic N) is 3. The van der Waals surface area contributed by atoms with Gasteiger partial charge in [-0.05, 0) is 25.0 Å². The van der Waals surface area contributed by atoms with Gasteiger partial charge in [0.05, 0.1) is 11.4 Å². The van der Waals surface area contributed by atoms with Gasteiger partial charge in [-0.3, -0.25) is 9.20 Å². The smallest absolute Gasteiger partial charge is 0.305 e. The van der Waals surface area contributed by atoms with E-state index in [2.05, 4.69) is 13.2 Å². The van der Waals surface area contributed by atoms with Crippen LogP contribution in [0.15, 0.2) is 85.1 Å². The molecule has 3 rings (SSSR count). The minimum Gasteiger partial charge on any atom is -0.440 e. The third kappa shape index (κ3) is 5.66. The summed E-state index contributed by atoms with van der Waals surface area (Å²) in [5.74, 6) is 0.0931. The Labute approximate surface area is 194 Å². The van der Waals surface area contributed by atoms with E-state index in [4.69, 9.17) is 19.4 Å². The van der Waals surface area contributed by atoms with Crippen molar-refractivity contribution in [2.75, 3.05) is 6.79 Å². The van der Waals surface area contributed by atoms with Gasteiger partial charge in [0.1, 0.15) is 5.69 Å². The Balaban J connectivity index is 2.24. The molecule has 2 heterocycles. The highest BCUT2D eigenvalue weighted by Gasteiger charge is 2.20. The molecule has 0 radical (unpaired) electrons. The molecule has 2 aromatic heterocycles. The molecular formula is C27H29N3O3. The lowest BCUT2D eigenvalue weighted by Crippen LogP contribution is -2.09. The van der Waals surface area contributed by atoms with Crippen LogP contribution in [-0.2, 0) is 22.4 Å². The summed E-state index contributed by atoms with van der Waals surface area (Å²) in [6, 6.07) is 9.93. The van der Waals surface area contributed by atoms with E-state index in [1.54, 1.807) is 6.08 Å². The van der Waals surface area contributed by atoms with Crippen LogP contribution in [0.25, 0.3) is 16.9 Å². The van der Waals surface area contributed by atoms with Crippen LogP contribution in [0.2, 0.25) is 0 Å². The number of esters is 1. The van der Waals surface area contributed by atoms with E-state index < -0.39 is 5.97 Å². The summed E-state index contributed by atoms with van der Waals surface area (Å²) >= 11 is 0. The second-order valence-corrected chi connectivity index (χ2v) is 7.38. The predicted molar refractivity (Wildman–Crippen MR) is 131 cm³/mol. The first-order valence-electron chi connectivity index (χ1n) is 10.8. The summed E-state index contributed by atoms with van der Waals surface area (Å²) in [6.07, 6.45) is 10.6. The maximum absolute atomic E-state index is 11.3. The Kier molecular flexibility index (Phi) is 7.97. The first-order chi connectivity index (χ1) is 16.0. The quantitative estimate of drug-likeness (QED) is 0.230. The molecule has 3 aromatic rings. The molecule has 170 valence electrons. The monoisotopic (exact) mass is 443 g/mol. The van der Waals surface area contributed by atoms with E-state index in [9.17, 15) is 4.79 Å². The van der Waals surface area contributed by atoms with Gasteiger partial charge in [0, 0.05) is 31.5 Å². The standard InChI is InChI=1S/C27H29N3O3/c1-6-20(7-2)15-23-26-29-24(16-21(8-3)9-4)27(33-18-32-19(5)31)30(26)17-25(28-23)22-13-11-10-12-14-22/h6-14,17H,1,3,15-16,18H2,2,4-5H3/b20-7+,21-9+. The summed E-state index contributed by atoms with van der Waals surface area (Å²) in [7, 11) is 0. The van der Waals surface area contributed by atoms with E-state index in [1.165, 1.54) is 6.92 Å². The van der Waals surface area contributed by atoms with Gasteiger partial charge in [-0.15, -0.1) is 0 Å². The molecule has 0 unspecified atom stereocenters. The van der Waals surface area contributed by atoms with Crippen molar-refractivity contribution in [1.82, 2.24) is 14.4 Å².